The first-order valence-corrected chi connectivity index (χ1v) is 5.57. The maximum absolute atomic E-state index is 11.6. The second-order valence-corrected chi connectivity index (χ2v) is 4.16. The van der Waals surface area contributed by atoms with Crippen LogP contribution in [0.4, 0.5) is 5.13 Å². The first-order chi connectivity index (χ1) is 7.65. The lowest BCUT2D eigenvalue weighted by Crippen LogP contribution is -2.22. The minimum atomic E-state index is -0.248. The topological polar surface area (TPSA) is 81.2 Å². The molecule has 0 saturated carbocycles. The Kier molecular flexibility index (Phi) is 2.91. The van der Waals surface area contributed by atoms with Crippen molar-refractivity contribution in [2.24, 2.45) is 0 Å². The molecule has 2 aromatic rings. The fraction of sp³-hybridized carbons (Fsp3) is 0.200. The molecule has 0 saturated heterocycles. The summed E-state index contributed by atoms with van der Waals surface area (Å²) in [7, 11) is 0. The van der Waals surface area contributed by atoms with Crippen molar-refractivity contribution in [2.75, 3.05) is 5.73 Å². The maximum atomic E-state index is 11.6. The zero-order valence-corrected chi connectivity index (χ0v) is 9.50. The number of aromatic nitrogens is 1. The van der Waals surface area contributed by atoms with Crippen LogP contribution in [0.2, 0.25) is 0 Å². The highest BCUT2D eigenvalue weighted by Crippen LogP contribution is 2.11. The van der Waals surface area contributed by atoms with Crippen LogP contribution in [0.15, 0.2) is 21.9 Å². The predicted octanol–water partition coefficient (Wildman–Crippen LogP) is 1.56. The molecule has 0 aromatic carbocycles. The summed E-state index contributed by atoms with van der Waals surface area (Å²) in [6.07, 6.45) is 0. The van der Waals surface area contributed by atoms with E-state index in [0.29, 0.717) is 23.1 Å². The van der Waals surface area contributed by atoms with Crippen LogP contribution in [0.1, 0.15) is 22.0 Å². The van der Waals surface area contributed by atoms with Crippen molar-refractivity contribution in [3.05, 3.63) is 34.7 Å². The van der Waals surface area contributed by atoms with Crippen LogP contribution in [0, 0.1) is 6.92 Å². The number of furan rings is 1. The second kappa shape index (κ2) is 4.36. The molecule has 5 nitrogen and oxygen atoms in total. The van der Waals surface area contributed by atoms with E-state index in [1.165, 1.54) is 11.3 Å². The van der Waals surface area contributed by atoms with E-state index in [1.54, 1.807) is 5.38 Å². The largest absolute Gasteiger partial charge is 0.465 e. The normalized spacial score (nSPS) is 10.3. The van der Waals surface area contributed by atoms with Crippen LogP contribution in [0.5, 0.6) is 0 Å². The van der Waals surface area contributed by atoms with Crippen molar-refractivity contribution in [3.63, 3.8) is 0 Å². The molecule has 2 heterocycles. The van der Waals surface area contributed by atoms with E-state index >= 15 is 0 Å². The molecule has 0 radical (unpaired) electrons. The lowest BCUT2D eigenvalue weighted by Gasteiger charge is -1.99. The molecule has 0 bridgehead atoms. The van der Waals surface area contributed by atoms with E-state index in [2.05, 4.69) is 10.3 Å². The van der Waals surface area contributed by atoms with Gasteiger partial charge in [0.2, 0.25) is 0 Å². The molecule has 6 heteroatoms. The molecule has 0 atom stereocenters. The van der Waals surface area contributed by atoms with E-state index in [0.717, 1.165) is 5.76 Å². The van der Waals surface area contributed by atoms with Crippen molar-refractivity contribution >= 4 is 22.4 Å². The lowest BCUT2D eigenvalue weighted by atomic mass is 10.4. The van der Waals surface area contributed by atoms with Gasteiger partial charge < -0.3 is 15.5 Å². The van der Waals surface area contributed by atoms with Gasteiger partial charge >= 0.3 is 0 Å². The monoisotopic (exact) mass is 237 g/mol. The van der Waals surface area contributed by atoms with E-state index in [-0.39, 0.29) is 5.91 Å². The quantitative estimate of drug-likeness (QED) is 0.848. The zero-order chi connectivity index (χ0) is 11.5. The molecule has 0 aliphatic carbocycles. The summed E-state index contributed by atoms with van der Waals surface area (Å²) in [6.45, 7) is 2.20. The molecule has 2 aromatic heterocycles. The molecule has 1 amide bonds. The third-order valence-electron chi connectivity index (χ3n) is 1.97. The number of nitrogens with one attached hydrogen (secondary N) is 1. The van der Waals surface area contributed by atoms with Gasteiger partial charge in [0.25, 0.3) is 5.91 Å². The van der Waals surface area contributed by atoms with Gasteiger partial charge in [-0.1, -0.05) is 0 Å². The summed E-state index contributed by atoms with van der Waals surface area (Å²) >= 11 is 1.24. The molecular weight excluding hydrogens is 226 g/mol. The fourth-order valence-electron chi connectivity index (χ4n) is 1.23. The van der Waals surface area contributed by atoms with Gasteiger partial charge in [-0.2, -0.15) is 0 Å². The molecule has 0 aliphatic rings. The van der Waals surface area contributed by atoms with Gasteiger partial charge in [0, 0.05) is 5.38 Å². The molecule has 0 aliphatic heterocycles. The minimum absolute atomic E-state index is 0.248. The molecule has 2 rings (SSSR count). The minimum Gasteiger partial charge on any atom is -0.465 e. The van der Waals surface area contributed by atoms with Gasteiger partial charge in [-0.05, 0) is 19.1 Å². The number of amides is 1. The Bertz CT molecular complexity index is 504. The summed E-state index contributed by atoms with van der Waals surface area (Å²) < 4.78 is 5.32. The maximum Gasteiger partial charge on any atom is 0.271 e. The highest BCUT2D eigenvalue weighted by molar-refractivity contribution is 7.13. The lowest BCUT2D eigenvalue weighted by molar-refractivity contribution is 0.0943. The molecule has 3 N–H and O–H groups in total. The Labute approximate surface area is 96.3 Å². The van der Waals surface area contributed by atoms with Crippen molar-refractivity contribution in [1.82, 2.24) is 10.3 Å². The third-order valence-corrected chi connectivity index (χ3v) is 2.65. The number of rotatable bonds is 3. The van der Waals surface area contributed by atoms with Gasteiger partial charge in [0.1, 0.15) is 17.2 Å². The SMILES string of the molecule is Cc1ccc(CNC(=O)c2csc(N)n2)o1. The number of carbonyl (C=O) groups excluding carboxylic acids is 1. The Morgan fingerprint density at radius 1 is 1.62 bits per heavy atom. The van der Waals surface area contributed by atoms with Crippen molar-refractivity contribution < 1.29 is 9.21 Å². The van der Waals surface area contributed by atoms with Crippen LogP contribution in [0.25, 0.3) is 0 Å². The number of carbonyl (C=O) groups is 1. The highest BCUT2D eigenvalue weighted by atomic mass is 32.1. The van der Waals surface area contributed by atoms with Crippen LogP contribution in [0.3, 0.4) is 0 Å². The van der Waals surface area contributed by atoms with E-state index in [1.807, 2.05) is 19.1 Å². The Morgan fingerprint density at radius 3 is 3.00 bits per heavy atom. The predicted molar refractivity (Wildman–Crippen MR) is 61.1 cm³/mol. The number of nitrogens with two attached hydrogens (primary N) is 1. The van der Waals surface area contributed by atoms with Crippen LogP contribution >= 0.6 is 11.3 Å². The fourth-order valence-corrected chi connectivity index (χ4v) is 1.77. The van der Waals surface area contributed by atoms with Crippen LogP contribution in [-0.4, -0.2) is 10.9 Å². The van der Waals surface area contributed by atoms with Gasteiger partial charge in [-0.25, -0.2) is 4.98 Å². The Morgan fingerprint density at radius 2 is 2.44 bits per heavy atom. The van der Waals surface area contributed by atoms with E-state index in [9.17, 15) is 4.79 Å². The number of anilines is 1. The summed E-state index contributed by atoms with van der Waals surface area (Å²) in [6, 6.07) is 3.67. The van der Waals surface area contributed by atoms with Crippen LogP contribution in [-0.2, 0) is 6.54 Å². The number of hydrogen-bond donors (Lipinski definition) is 2. The average Bonchev–Trinajstić information content (AvgIpc) is 2.84. The smallest absolute Gasteiger partial charge is 0.271 e. The van der Waals surface area contributed by atoms with Gasteiger partial charge in [-0.3, -0.25) is 4.79 Å². The third kappa shape index (κ3) is 2.40. The summed E-state index contributed by atoms with van der Waals surface area (Å²) in [5.74, 6) is 1.29. The first-order valence-electron chi connectivity index (χ1n) is 4.69. The average molecular weight is 237 g/mol. The highest BCUT2D eigenvalue weighted by Gasteiger charge is 2.09. The number of hydrogen-bond acceptors (Lipinski definition) is 5. The second-order valence-electron chi connectivity index (χ2n) is 3.27. The number of thiazole rings is 1. The molecular formula is C10H11N3O2S. The Hall–Kier alpha value is -1.82. The molecule has 0 unspecified atom stereocenters. The van der Waals surface area contributed by atoms with Crippen molar-refractivity contribution in [2.45, 2.75) is 13.5 Å². The Balaban J connectivity index is 1.93. The standard InChI is InChI=1S/C10H11N3O2S/c1-6-2-3-7(15-6)4-12-9(14)8-5-16-10(11)13-8/h2-3,5H,4H2,1H3,(H2,11,13)(H,12,14). The van der Waals surface area contributed by atoms with Crippen molar-refractivity contribution in [1.29, 1.82) is 0 Å². The van der Waals surface area contributed by atoms with E-state index in [4.69, 9.17) is 10.2 Å². The summed E-state index contributed by atoms with van der Waals surface area (Å²) in [5, 5.41) is 4.71. The summed E-state index contributed by atoms with van der Waals surface area (Å²) in [4.78, 5) is 15.5. The van der Waals surface area contributed by atoms with Gasteiger partial charge in [0.15, 0.2) is 5.13 Å². The molecule has 0 spiro atoms. The number of nitrogens with zero attached hydrogens (tertiary/aromatic N) is 1. The van der Waals surface area contributed by atoms with Crippen LogP contribution < -0.4 is 11.1 Å². The van der Waals surface area contributed by atoms with Crippen molar-refractivity contribution in [3.8, 4) is 0 Å². The van der Waals surface area contributed by atoms with Gasteiger partial charge in [-0.15, -0.1) is 11.3 Å². The zero-order valence-electron chi connectivity index (χ0n) is 8.69. The molecule has 84 valence electrons. The number of nitrogen functional groups attached to an aromatic ring is 1. The number of aryl methyl sites for hydroxylation is 1. The van der Waals surface area contributed by atoms with E-state index < -0.39 is 0 Å². The van der Waals surface area contributed by atoms with Gasteiger partial charge in [0.05, 0.1) is 6.54 Å². The first kappa shape index (κ1) is 10.7. The molecule has 0 fully saturated rings. The molecule has 16 heavy (non-hydrogen) atoms. The summed E-state index contributed by atoms with van der Waals surface area (Å²) in [5.41, 5.74) is 5.77.